The number of carbonyl (C=O) groups is 1. The lowest BCUT2D eigenvalue weighted by molar-refractivity contribution is -0.136. The number of carbonyl (C=O) groups excluding carboxylic acids is 1. The van der Waals surface area contributed by atoms with Crippen molar-refractivity contribution in [1.29, 1.82) is 0 Å². The Hall–Kier alpha value is -0.830. The molecule has 0 spiro atoms. The van der Waals surface area contributed by atoms with Crippen LogP contribution in [0.3, 0.4) is 0 Å². The molecule has 12 heteroatoms. The van der Waals surface area contributed by atoms with E-state index in [1.165, 1.54) is 45.6 Å². The number of Topliss-reactive ketones (excluding diaryl/α,β-unsaturated/α-hetero) is 1. The first kappa shape index (κ1) is 49.2. The number of halogens is 2. The third-order valence-corrected chi connectivity index (χ3v) is 10.1. The van der Waals surface area contributed by atoms with Crippen molar-refractivity contribution in [2.24, 2.45) is 5.92 Å². The molecule has 4 aliphatic rings. The average Bonchev–Trinajstić information content (AvgIpc) is 3.12. The standard InChI is InChI=1S/C19H37F2N3O2.C17H33N3O2.2C2H6/c1-16(2)25-13-11-22-7-9-24(10-8-22)18-5-6-23(15-19(18,20)21)12-14-26-17(3)4;1-3-22-13-12-18-8-10-20(11-9-18)15-17-4-6-19(7-5-17)14-16(2)21;2*1-2/h16-18H,5-15H2,1-4H3;17H,3-15H2,1-2H3;2*1-2H3. The Balaban J connectivity index is 0.000000480. The molecule has 4 fully saturated rings. The average molecular weight is 749 g/mol. The summed E-state index contributed by atoms with van der Waals surface area (Å²) >= 11 is 0. The number of alkyl halides is 2. The van der Waals surface area contributed by atoms with Crippen LogP contribution in [-0.2, 0) is 19.0 Å². The van der Waals surface area contributed by atoms with E-state index < -0.39 is 12.0 Å². The first-order valence-corrected chi connectivity index (χ1v) is 21.0. The minimum absolute atomic E-state index is 0.148. The Morgan fingerprint density at radius 2 is 1.12 bits per heavy atom. The minimum Gasteiger partial charge on any atom is -0.380 e. The lowest BCUT2D eigenvalue weighted by Crippen LogP contribution is -2.62. The van der Waals surface area contributed by atoms with Crippen LogP contribution < -0.4 is 0 Å². The summed E-state index contributed by atoms with van der Waals surface area (Å²) in [6.45, 7) is 37.7. The van der Waals surface area contributed by atoms with Gasteiger partial charge in [-0.25, -0.2) is 8.78 Å². The molecule has 0 amide bonds. The monoisotopic (exact) mass is 749 g/mol. The number of nitrogens with zero attached hydrogens (tertiary/aromatic N) is 6. The summed E-state index contributed by atoms with van der Waals surface area (Å²) in [6.07, 6.45) is 3.42. The predicted molar refractivity (Wildman–Crippen MR) is 212 cm³/mol. The summed E-state index contributed by atoms with van der Waals surface area (Å²) in [5.74, 6) is -1.54. The number of hydrogen-bond donors (Lipinski definition) is 0. The molecule has 1 unspecified atom stereocenters. The number of piperazine rings is 2. The van der Waals surface area contributed by atoms with Gasteiger partial charge in [0.15, 0.2) is 0 Å². The van der Waals surface area contributed by atoms with Crippen molar-refractivity contribution in [2.45, 2.75) is 113 Å². The van der Waals surface area contributed by atoms with Crippen molar-refractivity contribution in [3.8, 4) is 0 Å². The SMILES string of the molecule is CC.CC.CC(C)OCCN1CCN(C2CCN(CCOC(C)C)CC2(F)F)CC1.CCOCCN1CCN(CC2CCN(CC(C)=O)CC2)CC1. The van der Waals surface area contributed by atoms with Crippen molar-refractivity contribution in [3.05, 3.63) is 0 Å². The van der Waals surface area contributed by atoms with Crippen LogP contribution in [0.5, 0.6) is 0 Å². The highest BCUT2D eigenvalue weighted by molar-refractivity contribution is 5.77. The molecule has 4 saturated heterocycles. The van der Waals surface area contributed by atoms with E-state index in [2.05, 4.69) is 26.5 Å². The summed E-state index contributed by atoms with van der Waals surface area (Å²) in [4.78, 5) is 24.8. The van der Waals surface area contributed by atoms with Gasteiger partial charge in [-0.1, -0.05) is 27.7 Å². The molecule has 52 heavy (non-hydrogen) atoms. The van der Waals surface area contributed by atoms with Crippen LogP contribution in [0.25, 0.3) is 0 Å². The topological polar surface area (TPSA) is 64.2 Å². The zero-order valence-electron chi connectivity index (χ0n) is 35.4. The highest BCUT2D eigenvalue weighted by Gasteiger charge is 2.47. The maximum absolute atomic E-state index is 14.7. The number of ketones is 1. The Bertz CT molecular complexity index is 865. The summed E-state index contributed by atoms with van der Waals surface area (Å²) in [6, 6.07) is -0.626. The number of likely N-dealkylation sites (tertiary alicyclic amines) is 2. The van der Waals surface area contributed by atoms with E-state index in [1.807, 2.05) is 65.2 Å². The van der Waals surface area contributed by atoms with Gasteiger partial charge >= 0.3 is 0 Å². The van der Waals surface area contributed by atoms with E-state index in [0.29, 0.717) is 38.5 Å². The molecule has 0 aromatic carbocycles. The third kappa shape index (κ3) is 20.7. The molecule has 4 aliphatic heterocycles. The zero-order valence-corrected chi connectivity index (χ0v) is 35.4. The second-order valence-corrected chi connectivity index (χ2v) is 14.8. The second-order valence-electron chi connectivity index (χ2n) is 14.8. The molecule has 0 N–H and O–H groups in total. The minimum atomic E-state index is -2.65. The predicted octanol–water partition coefficient (Wildman–Crippen LogP) is 5.16. The molecule has 10 nitrogen and oxygen atoms in total. The summed E-state index contributed by atoms with van der Waals surface area (Å²) in [7, 11) is 0. The van der Waals surface area contributed by atoms with E-state index in [0.717, 1.165) is 78.0 Å². The van der Waals surface area contributed by atoms with Crippen LogP contribution >= 0.6 is 0 Å². The highest BCUT2D eigenvalue weighted by Crippen LogP contribution is 2.32. The van der Waals surface area contributed by atoms with Crippen molar-refractivity contribution in [2.75, 3.05) is 138 Å². The second kappa shape index (κ2) is 28.6. The van der Waals surface area contributed by atoms with Gasteiger partial charge in [0.2, 0.25) is 0 Å². The van der Waals surface area contributed by atoms with E-state index in [4.69, 9.17) is 14.2 Å². The normalized spacial score (nSPS) is 23.0. The number of rotatable bonds is 17. The van der Waals surface area contributed by atoms with E-state index >= 15 is 0 Å². The van der Waals surface area contributed by atoms with Gasteiger partial charge in [-0.15, -0.1) is 0 Å². The molecule has 0 aromatic heterocycles. The van der Waals surface area contributed by atoms with Gasteiger partial charge in [-0.05, 0) is 79.8 Å². The van der Waals surface area contributed by atoms with Crippen LogP contribution in [0.15, 0.2) is 0 Å². The smallest absolute Gasteiger partial charge is 0.275 e. The van der Waals surface area contributed by atoms with Crippen LogP contribution in [-0.4, -0.2) is 197 Å². The Morgan fingerprint density at radius 1 is 0.654 bits per heavy atom. The molecule has 0 aliphatic carbocycles. The van der Waals surface area contributed by atoms with E-state index in [-0.39, 0.29) is 18.8 Å². The van der Waals surface area contributed by atoms with Gasteiger partial charge in [0, 0.05) is 91.7 Å². The Morgan fingerprint density at radius 3 is 1.60 bits per heavy atom. The van der Waals surface area contributed by atoms with Gasteiger partial charge in [0.25, 0.3) is 5.92 Å². The Labute approximate surface area is 318 Å². The Kier molecular flexibility index (Phi) is 27.0. The van der Waals surface area contributed by atoms with Gasteiger partial charge in [0.05, 0.1) is 51.2 Å². The fraction of sp³-hybridized carbons (Fsp3) is 0.975. The maximum Gasteiger partial charge on any atom is 0.275 e. The van der Waals surface area contributed by atoms with Crippen molar-refractivity contribution < 1.29 is 27.8 Å². The summed E-state index contributed by atoms with van der Waals surface area (Å²) in [5, 5.41) is 0. The molecule has 0 saturated carbocycles. The van der Waals surface area contributed by atoms with Gasteiger partial charge in [-0.2, -0.15) is 0 Å². The summed E-state index contributed by atoms with van der Waals surface area (Å²) in [5.41, 5.74) is 0. The number of piperidine rings is 2. The number of hydrogen-bond acceptors (Lipinski definition) is 10. The van der Waals surface area contributed by atoms with E-state index in [9.17, 15) is 13.6 Å². The molecular weight excluding hydrogens is 666 g/mol. The van der Waals surface area contributed by atoms with Crippen molar-refractivity contribution in [3.63, 3.8) is 0 Å². The fourth-order valence-electron chi connectivity index (χ4n) is 7.31. The highest BCUT2D eigenvalue weighted by atomic mass is 19.3. The van der Waals surface area contributed by atoms with Gasteiger partial charge < -0.3 is 19.1 Å². The molecule has 1 atom stereocenters. The number of ether oxygens (including phenoxy) is 3. The first-order chi connectivity index (χ1) is 24.9. The van der Waals surface area contributed by atoms with Gasteiger partial charge in [0.1, 0.15) is 5.78 Å². The van der Waals surface area contributed by atoms with Crippen LogP contribution in [0.4, 0.5) is 8.78 Å². The summed E-state index contributed by atoms with van der Waals surface area (Å²) < 4.78 is 46.0. The van der Waals surface area contributed by atoms with Gasteiger partial charge in [-0.3, -0.25) is 29.3 Å². The molecule has 4 heterocycles. The fourth-order valence-corrected chi connectivity index (χ4v) is 7.31. The largest absolute Gasteiger partial charge is 0.380 e. The van der Waals surface area contributed by atoms with Crippen molar-refractivity contribution in [1.82, 2.24) is 29.4 Å². The molecule has 0 aromatic rings. The maximum atomic E-state index is 14.7. The molecule has 4 rings (SSSR count). The lowest BCUT2D eigenvalue weighted by Gasteiger charge is -2.46. The van der Waals surface area contributed by atoms with E-state index in [1.54, 1.807) is 6.92 Å². The lowest BCUT2D eigenvalue weighted by atomic mass is 9.96. The molecule has 310 valence electrons. The molecule has 0 bridgehead atoms. The van der Waals surface area contributed by atoms with Crippen LogP contribution in [0, 0.1) is 5.92 Å². The molecule has 0 radical (unpaired) electrons. The quantitative estimate of drug-likeness (QED) is 0.187. The first-order valence-electron chi connectivity index (χ1n) is 21.0. The van der Waals surface area contributed by atoms with Crippen LogP contribution in [0.1, 0.15) is 88.5 Å². The molecular formula is C40H82F2N6O4. The van der Waals surface area contributed by atoms with Crippen molar-refractivity contribution >= 4 is 5.78 Å². The van der Waals surface area contributed by atoms with Crippen LogP contribution in [0.2, 0.25) is 0 Å². The zero-order chi connectivity index (χ0) is 38.9. The third-order valence-electron chi connectivity index (χ3n) is 10.1.